The summed E-state index contributed by atoms with van der Waals surface area (Å²) in [7, 11) is 4.25. The van der Waals surface area contributed by atoms with Crippen molar-refractivity contribution in [3.63, 3.8) is 0 Å². The second-order valence-electron chi connectivity index (χ2n) is 20.4. The first kappa shape index (κ1) is 56.4. The number of Topliss-reactive ketones (excluding diaryl/α,β-unsaturated/α-hetero) is 3. The third-order valence-corrected chi connectivity index (χ3v) is 15.0. The maximum atomic E-state index is 14.4. The van der Waals surface area contributed by atoms with E-state index in [1.54, 1.807) is 53.0 Å². The number of ether oxygens (including phenoxy) is 5. The average Bonchev–Trinajstić information content (AvgIpc) is 3.29. The highest BCUT2D eigenvalue weighted by atomic mass is 16.6. The molecule has 3 heterocycles. The van der Waals surface area contributed by atoms with Crippen LogP contribution in [0, 0.1) is 35.5 Å². The fourth-order valence-electron chi connectivity index (χ4n) is 10.4. The molecule has 1 amide bonds. The topological polar surface area (TPSA) is 236 Å². The standard InChI is InChI=1S/C51H81NO15/c1-29-15-11-12-17-42(55)50(7,61)43(64-9)27-36-20-18-34(6)51(62,67-36)47(58)48(59)52-22-14-13-16-37(52)49(60)66-40(31(3)25-35-19-21-38(53)41(26-35)63-8)28-39(54)30(2)24-33(5)45(57)46(65-10)44(56)32(4)23-29/h11-12,15,17,24,29-32,34-38,40-43,45-46,53,55,57,61-62H,13-14,16,18-23,25-28H2,1-10H3/b15-11+,17-12+,33-24+/t29-,30-,31-,32-,34-,35+,36+,37+,38-,40+,41-,42?,43+,45-,46+,50?,51-/m1/s1. The molecule has 2 bridgehead atoms. The molecule has 17 atom stereocenters. The van der Waals surface area contributed by atoms with Gasteiger partial charge in [-0.1, -0.05) is 65.0 Å². The maximum absolute atomic E-state index is 14.4. The summed E-state index contributed by atoms with van der Waals surface area (Å²) < 4.78 is 29.1. The van der Waals surface area contributed by atoms with Crippen LogP contribution in [0.5, 0.6) is 0 Å². The Labute approximate surface area is 397 Å². The van der Waals surface area contributed by atoms with Gasteiger partial charge in [0.25, 0.3) is 11.7 Å². The van der Waals surface area contributed by atoms with E-state index < -0.39 is 95.6 Å². The van der Waals surface area contributed by atoms with Crippen molar-refractivity contribution in [3.8, 4) is 0 Å². The summed E-state index contributed by atoms with van der Waals surface area (Å²) >= 11 is 0. The first-order valence-electron chi connectivity index (χ1n) is 24.4. The van der Waals surface area contributed by atoms with Gasteiger partial charge in [0, 0.05) is 58.5 Å². The van der Waals surface area contributed by atoms with Crippen molar-refractivity contribution in [2.24, 2.45) is 35.5 Å². The number of nitrogens with zero attached hydrogens (tertiary/aromatic N) is 1. The number of amides is 1. The average molecular weight is 948 g/mol. The van der Waals surface area contributed by atoms with Crippen LogP contribution in [0.25, 0.3) is 0 Å². The Morgan fingerprint density at radius 2 is 1.54 bits per heavy atom. The van der Waals surface area contributed by atoms with Crippen molar-refractivity contribution in [1.29, 1.82) is 0 Å². The lowest BCUT2D eigenvalue weighted by Crippen LogP contribution is -2.61. The highest BCUT2D eigenvalue weighted by molar-refractivity contribution is 6.39. The number of piperidine rings is 1. The van der Waals surface area contributed by atoms with Gasteiger partial charge in [0.15, 0.2) is 5.78 Å². The zero-order chi connectivity index (χ0) is 50.0. The molecule has 16 heteroatoms. The number of aliphatic hydroxyl groups excluding tert-OH is 3. The van der Waals surface area contributed by atoms with Crippen LogP contribution < -0.4 is 0 Å². The molecule has 2 unspecified atom stereocenters. The lowest BCUT2D eigenvalue weighted by molar-refractivity contribution is -0.270. The molecule has 4 rings (SSSR count). The normalized spacial score (nSPS) is 42.2. The van der Waals surface area contributed by atoms with E-state index in [-0.39, 0.29) is 67.7 Å². The second kappa shape index (κ2) is 25.1. The summed E-state index contributed by atoms with van der Waals surface area (Å²) in [6, 6.07) is -1.20. The summed E-state index contributed by atoms with van der Waals surface area (Å²) in [4.78, 5) is 71.8. The number of allylic oxidation sites excluding steroid dienone is 4. The molecular weight excluding hydrogens is 867 g/mol. The van der Waals surface area contributed by atoms with Gasteiger partial charge in [-0.2, -0.15) is 0 Å². The third-order valence-electron chi connectivity index (χ3n) is 15.0. The number of methoxy groups -OCH3 is 3. The Hall–Kier alpha value is -3.19. The van der Waals surface area contributed by atoms with Crippen molar-refractivity contribution < 1.29 is 73.2 Å². The van der Waals surface area contributed by atoms with Crippen LogP contribution in [0.15, 0.2) is 36.0 Å². The zero-order valence-corrected chi connectivity index (χ0v) is 41.5. The largest absolute Gasteiger partial charge is 0.460 e. The van der Waals surface area contributed by atoms with E-state index in [1.807, 2.05) is 19.9 Å². The smallest absolute Gasteiger partial charge is 0.329 e. The van der Waals surface area contributed by atoms with Gasteiger partial charge in [0.1, 0.15) is 41.8 Å². The summed E-state index contributed by atoms with van der Waals surface area (Å²) in [6.07, 6.45) is 4.50. The van der Waals surface area contributed by atoms with Crippen LogP contribution >= 0.6 is 0 Å². The molecule has 0 spiro atoms. The SMILES string of the molecule is CO[C@H]1C[C@@H]2CC[C@@H](C)[C@@](O)(O2)C(=O)C(=O)N2CCCC[C@H]2C(=O)O[C@H]([C@H](C)C[C@@H]2CC[C@@H](O)[C@H](OC)C2)CC(=O)[C@H](C)/C=C(\C)[C@@H](O)[C@@H](OC)C(=O)[C@H](C)C[C@H](C)/C=C/C=C/C(O)C1(C)O. The lowest BCUT2D eigenvalue weighted by atomic mass is 9.78. The predicted octanol–water partition coefficient (Wildman–Crippen LogP) is 4.35. The number of carbonyl (C=O) groups excluding carboxylic acids is 5. The lowest BCUT2D eigenvalue weighted by Gasteiger charge is -2.44. The molecule has 4 aliphatic rings. The maximum Gasteiger partial charge on any atom is 0.329 e. The van der Waals surface area contributed by atoms with Crippen LogP contribution in [0.3, 0.4) is 0 Å². The zero-order valence-electron chi connectivity index (χ0n) is 41.5. The summed E-state index contributed by atoms with van der Waals surface area (Å²) in [5.74, 6) is -8.87. The first-order valence-corrected chi connectivity index (χ1v) is 24.4. The molecule has 1 saturated carbocycles. The molecule has 16 nitrogen and oxygen atoms in total. The van der Waals surface area contributed by atoms with Gasteiger partial charge in [0.05, 0.1) is 24.4 Å². The third kappa shape index (κ3) is 14.2. The van der Waals surface area contributed by atoms with E-state index in [9.17, 15) is 49.5 Å². The van der Waals surface area contributed by atoms with Gasteiger partial charge in [0.2, 0.25) is 5.79 Å². The van der Waals surface area contributed by atoms with E-state index in [4.69, 9.17) is 23.7 Å². The van der Waals surface area contributed by atoms with E-state index in [1.165, 1.54) is 27.2 Å². The number of hydrogen-bond donors (Lipinski definition) is 5. The van der Waals surface area contributed by atoms with Crippen LogP contribution in [0.1, 0.15) is 126 Å². The van der Waals surface area contributed by atoms with Gasteiger partial charge < -0.3 is 54.1 Å². The quantitative estimate of drug-likeness (QED) is 0.142. The van der Waals surface area contributed by atoms with Crippen molar-refractivity contribution in [2.45, 2.75) is 192 Å². The van der Waals surface area contributed by atoms with Gasteiger partial charge in [-0.15, -0.1) is 0 Å². The Bertz CT molecular complexity index is 1780. The molecule has 0 radical (unpaired) electrons. The van der Waals surface area contributed by atoms with E-state index in [0.29, 0.717) is 56.9 Å². The Balaban J connectivity index is 1.72. The predicted molar refractivity (Wildman–Crippen MR) is 248 cm³/mol. The molecular formula is C51H81NO15. The molecule has 0 aromatic carbocycles. The fraction of sp³-hybridized carbons (Fsp3) is 0.784. The number of aliphatic hydroxyl groups is 5. The van der Waals surface area contributed by atoms with Crippen molar-refractivity contribution in [2.75, 3.05) is 27.9 Å². The Morgan fingerprint density at radius 1 is 0.851 bits per heavy atom. The Morgan fingerprint density at radius 3 is 2.19 bits per heavy atom. The van der Waals surface area contributed by atoms with E-state index in [2.05, 4.69) is 0 Å². The van der Waals surface area contributed by atoms with Crippen LogP contribution in [-0.2, 0) is 47.7 Å². The summed E-state index contributed by atoms with van der Waals surface area (Å²) in [5, 5.41) is 56.6. The number of carbonyl (C=O) groups is 5. The molecule has 0 aromatic heterocycles. The molecule has 2 saturated heterocycles. The van der Waals surface area contributed by atoms with Gasteiger partial charge in [-0.25, -0.2) is 4.79 Å². The van der Waals surface area contributed by atoms with E-state index in [0.717, 1.165) is 4.90 Å². The van der Waals surface area contributed by atoms with Crippen LogP contribution in [-0.4, -0.2) is 154 Å². The van der Waals surface area contributed by atoms with E-state index >= 15 is 0 Å². The highest BCUT2D eigenvalue weighted by Crippen LogP contribution is 2.38. The summed E-state index contributed by atoms with van der Waals surface area (Å²) in [5.41, 5.74) is -1.52. The number of rotatable bonds is 6. The molecule has 380 valence electrons. The minimum Gasteiger partial charge on any atom is -0.460 e. The fourth-order valence-corrected chi connectivity index (χ4v) is 10.4. The molecule has 0 aromatic rings. The minimum atomic E-state index is -2.57. The molecule has 3 aliphatic heterocycles. The molecule has 3 fully saturated rings. The summed E-state index contributed by atoms with van der Waals surface area (Å²) in [6.45, 7) is 11.9. The second-order valence-corrected chi connectivity index (χ2v) is 20.4. The van der Waals surface area contributed by atoms with Crippen LogP contribution in [0.2, 0.25) is 0 Å². The number of esters is 1. The highest BCUT2D eigenvalue weighted by Gasteiger charge is 2.54. The molecule has 5 N–H and O–H groups in total. The van der Waals surface area contributed by atoms with Crippen molar-refractivity contribution in [1.82, 2.24) is 4.90 Å². The number of ketones is 3. The number of fused-ring (bicyclic) bond motifs is 3. The number of cyclic esters (lactones) is 1. The van der Waals surface area contributed by atoms with Crippen molar-refractivity contribution >= 4 is 29.2 Å². The molecule has 67 heavy (non-hydrogen) atoms. The van der Waals surface area contributed by atoms with Gasteiger partial charge >= 0.3 is 5.97 Å². The number of hydrogen-bond acceptors (Lipinski definition) is 15. The van der Waals surface area contributed by atoms with Crippen LogP contribution in [0.4, 0.5) is 0 Å². The minimum absolute atomic E-state index is 0.0293. The molecule has 1 aliphatic carbocycles. The van der Waals surface area contributed by atoms with Gasteiger partial charge in [-0.3, -0.25) is 19.2 Å². The van der Waals surface area contributed by atoms with Gasteiger partial charge in [-0.05, 0) is 101 Å². The Kier molecular flexibility index (Phi) is 21.1. The van der Waals surface area contributed by atoms with Crippen molar-refractivity contribution in [3.05, 3.63) is 36.0 Å². The first-order chi connectivity index (χ1) is 31.5. The monoisotopic (exact) mass is 948 g/mol.